The van der Waals surface area contributed by atoms with Gasteiger partial charge < -0.3 is 14.2 Å². The van der Waals surface area contributed by atoms with Gasteiger partial charge in [-0.05, 0) is 42.5 Å². The molecule has 1 N–H and O–H groups in total. The van der Waals surface area contributed by atoms with Gasteiger partial charge in [0.2, 0.25) is 0 Å². The first-order chi connectivity index (χ1) is 17.6. The van der Waals surface area contributed by atoms with Gasteiger partial charge in [0.1, 0.15) is 0 Å². The molecule has 0 atom stereocenters. The third-order valence-corrected chi connectivity index (χ3v) is 6.44. The number of ether oxygens (including phenoxy) is 3. The Hall–Kier alpha value is -4.50. The van der Waals surface area contributed by atoms with Crippen molar-refractivity contribution in [1.29, 1.82) is 0 Å². The largest absolute Gasteiger partial charge is 0.493 e. The van der Waals surface area contributed by atoms with Crippen LogP contribution in [0.4, 0.5) is 5.13 Å². The number of hydrogen-bond donors (Lipinski definition) is 1. The molecule has 0 bridgehead atoms. The topological polar surface area (TPSA) is 99.6 Å². The van der Waals surface area contributed by atoms with Crippen LogP contribution in [0, 0.1) is 0 Å². The zero-order chi connectivity index (χ0) is 25.1. The molecule has 0 saturated carbocycles. The van der Waals surface area contributed by atoms with Crippen molar-refractivity contribution in [3.63, 3.8) is 0 Å². The van der Waals surface area contributed by atoms with Crippen LogP contribution in [0.2, 0.25) is 0 Å². The molecular weight excluding hydrogens is 478 g/mol. The normalized spacial score (nSPS) is 10.8. The van der Waals surface area contributed by atoms with Crippen molar-refractivity contribution in [2.45, 2.75) is 0 Å². The second kappa shape index (κ2) is 10.0. The van der Waals surface area contributed by atoms with Crippen LogP contribution >= 0.6 is 11.3 Å². The number of rotatable bonds is 7. The van der Waals surface area contributed by atoms with Crippen LogP contribution in [0.25, 0.3) is 32.4 Å². The van der Waals surface area contributed by atoms with Crippen molar-refractivity contribution in [2.75, 3.05) is 26.1 Å². The van der Waals surface area contributed by atoms with Gasteiger partial charge in [0.05, 0.1) is 41.2 Å². The predicted molar refractivity (Wildman–Crippen MR) is 139 cm³/mol. The van der Waals surface area contributed by atoms with E-state index in [1.165, 1.54) is 11.3 Å². The van der Waals surface area contributed by atoms with E-state index in [-0.39, 0.29) is 0 Å². The summed E-state index contributed by atoms with van der Waals surface area (Å²) in [4.78, 5) is 34.6. The average Bonchev–Trinajstić information content (AvgIpc) is 3.32. The van der Waals surface area contributed by atoms with Gasteiger partial charge in [-0.2, -0.15) is 0 Å². The van der Waals surface area contributed by atoms with Crippen molar-refractivity contribution in [2.24, 2.45) is 0 Å². The number of methoxy groups -OCH3 is 2. The number of anilines is 1. The van der Waals surface area contributed by atoms with E-state index in [0.717, 1.165) is 15.8 Å². The highest BCUT2D eigenvalue weighted by atomic mass is 32.1. The molecule has 1 amide bonds. The second-order valence-corrected chi connectivity index (χ2v) is 8.78. The molecule has 0 aliphatic carbocycles. The summed E-state index contributed by atoms with van der Waals surface area (Å²) in [5.74, 6) is 0.0251. The minimum Gasteiger partial charge on any atom is -0.493 e. The summed E-state index contributed by atoms with van der Waals surface area (Å²) in [7, 11) is 3.12. The fraction of sp³-hybridized carbons (Fsp3) is 0.111. The number of hydrogen-bond acceptors (Lipinski definition) is 8. The first kappa shape index (κ1) is 23.3. The van der Waals surface area contributed by atoms with Gasteiger partial charge in [0, 0.05) is 10.9 Å². The fourth-order valence-corrected chi connectivity index (χ4v) is 4.66. The van der Waals surface area contributed by atoms with Gasteiger partial charge in [0.15, 0.2) is 23.2 Å². The minimum atomic E-state index is -0.630. The molecule has 0 saturated heterocycles. The first-order valence-corrected chi connectivity index (χ1v) is 11.8. The maximum Gasteiger partial charge on any atom is 0.339 e. The fourth-order valence-electron chi connectivity index (χ4n) is 3.78. The van der Waals surface area contributed by atoms with Crippen LogP contribution < -0.4 is 14.8 Å². The average molecular weight is 500 g/mol. The van der Waals surface area contributed by atoms with E-state index in [0.29, 0.717) is 38.8 Å². The van der Waals surface area contributed by atoms with Crippen molar-refractivity contribution in [3.8, 4) is 22.8 Å². The molecule has 3 aromatic carbocycles. The summed E-state index contributed by atoms with van der Waals surface area (Å²) in [6, 6.07) is 21.9. The molecule has 0 aliphatic heterocycles. The van der Waals surface area contributed by atoms with Crippen LogP contribution in [0.1, 0.15) is 10.4 Å². The van der Waals surface area contributed by atoms with E-state index in [1.807, 2.05) is 48.5 Å². The molecule has 0 radical (unpaired) electrons. The lowest BCUT2D eigenvalue weighted by molar-refractivity contribution is -0.119. The monoisotopic (exact) mass is 499 g/mol. The lowest BCUT2D eigenvalue weighted by Gasteiger charge is -2.12. The zero-order valence-corrected chi connectivity index (χ0v) is 20.3. The minimum absolute atomic E-state index is 0.304. The van der Waals surface area contributed by atoms with Gasteiger partial charge >= 0.3 is 5.97 Å². The molecule has 8 nitrogen and oxygen atoms in total. The van der Waals surface area contributed by atoms with Gasteiger partial charge in [-0.25, -0.2) is 14.8 Å². The summed E-state index contributed by atoms with van der Waals surface area (Å²) >= 11 is 1.35. The number of aromatic nitrogens is 2. The molecule has 0 unspecified atom stereocenters. The van der Waals surface area contributed by atoms with Crippen LogP contribution in [-0.4, -0.2) is 42.7 Å². The van der Waals surface area contributed by atoms with E-state index in [9.17, 15) is 9.59 Å². The molecule has 2 aromatic heterocycles. The van der Waals surface area contributed by atoms with E-state index >= 15 is 0 Å². The van der Waals surface area contributed by atoms with Crippen molar-refractivity contribution < 1.29 is 23.8 Å². The zero-order valence-electron chi connectivity index (χ0n) is 19.5. The molecule has 5 aromatic rings. The number of carbonyl (C=O) groups is 2. The Labute approximate surface area is 210 Å². The standard InChI is InChI=1S/C27H21N3O5S/c1-33-22-12-11-16(13-23(22)34-2)21-14-18(17-7-3-4-8-19(17)28-21)26(32)35-15-25(31)30-27-29-20-9-5-6-10-24(20)36-27/h3-14H,15H2,1-2H3,(H,29,30,31). The SMILES string of the molecule is COc1ccc(-c2cc(C(=O)OCC(=O)Nc3nc4ccccc4s3)c3ccccc3n2)cc1OC. The lowest BCUT2D eigenvalue weighted by Crippen LogP contribution is -2.21. The number of carbonyl (C=O) groups excluding carboxylic acids is 2. The number of esters is 1. The molecule has 36 heavy (non-hydrogen) atoms. The van der Waals surface area contributed by atoms with E-state index in [1.54, 1.807) is 38.5 Å². The van der Waals surface area contributed by atoms with Crippen molar-refractivity contribution in [1.82, 2.24) is 9.97 Å². The van der Waals surface area contributed by atoms with Gasteiger partial charge in [-0.1, -0.05) is 41.7 Å². The predicted octanol–water partition coefficient (Wildman–Crippen LogP) is 5.32. The number of para-hydroxylation sites is 2. The number of nitrogens with one attached hydrogen (secondary N) is 1. The second-order valence-electron chi connectivity index (χ2n) is 7.75. The van der Waals surface area contributed by atoms with E-state index in [2.05, 4.69) is 10.3 Å². The summed E-state index contributed by atoms with van der Waals surface area (Å²) in [5, 5.41) is 3.76. The highest BCUT2D eigenvalue weighted by Gasteiger charge is 2.18. The van der Waals surface area contributed by atoms with Gasteiger partial charge in [-0.3, -0.25) is 10.1 Å². The smallest absolute Gasteiger partial charge is 0.339 e. The third kappa shape index (κ3) is 4.69. The Bertz CT molecular complexity index is 1560. The molecule has 0 aliphatic rings. The molecular formula is C27H21N3O5S. The van der Waals surface area contributed by atoms with Crippen LogP contribution in [0.15, 0.2) is 72.8 Å². The Morgan fingerprint density at radius 2 is 1.61 bits per heavy atom. The number of pyridine rings is 1. The summed E-state index contributed by atoms with van der Waals surface area (Å²) in [5.41, 5.74) is 3.01. The van der Waals surface area contributed by atoms with E-state index < -0.39 is 18.5 Å². The highest BCUT2D eigenvalue weighted by molar-refractivity contribution is 7.22. The van der Waals surface area contributed by atoms with Crippen LogP contribution in [0.5, 0.6) is 11.5 Å². The number of thiazole rings is 1. The molecule has 0 spiro atoms. The number of benzene rings is 3. The van der Waals surface area contributed by atoms with Gasteiger partial charge in [0.25, 0.3) is 5.91 Å². The molecule has 0 fully saturated rings. The molecule has 9 heteroatoms. The van der Waals surface area contributed by atoms with Crippen molar-refractivity contribution >= 4 is 49.5 Å². The summed E-state index contributed by atoms with van der Waals surface area (Å²) < 4.78 is 17.0. The Morgan fingerprint density at radius 1 is 0.861 bits per heavy atom. The maximum atomic E-state index is 13.1. The van der Waals surface area contributed by atoms with Gasteiger partial charge in [-0.15, -0.1) is 0 Å². The first-order valence-electron chi connectivity index (χ1n) is 11.0. The number of nitrogens with zero attached hydrogens (tertiary/aromatic N) is 2. The highest BCUT2D eigenvalue weighted by Crippen LogP contribution is 2.33. The number of amides is 1. The van der Waals surface area contributed by atoms with E-state index in [4.69, 9.17) is 19.2 Å². The molecule has 180 valence electrons. The Balaban J connectivity index is 1.38. The van der Waals surface area contributed by atoms with Crippen LogP contribution in [0.3, 0.4) is 0 Å². The third-order valence-electron chi connectivity index (χ3n) is 5.49. The molecule has 2 heterocycles. The Morgan fingerprint density at radius 3 is 2.39 bits per heavy atom. The maximum absolute atomic E-state index is 13.1. The summed E-state index contributed by atoms with van der Waals surface area (Å²) in [6.45, 7) is -0.447. The van der Waals surface area contributed by atoms with Crippen LogP contribution in [-0.2, 0) is 9.53 Å². The van der Waals surface area contributed by atoms with Crippen molar-refractivity contribution in [3.05, 3.63) is 78.4 Å². The Kier molecular flexibility index (Phi) is 6.46. The quantitative estimate of drug-likeness (QED) is 0.302. The summed E-state index contributed by atoms with van der Waals surface area (Å²) in [6.07, 6.45) is 0. The number of fused-ring (bicyclic) bond motifs is 2. The lowest BCUT2D eigenvalue weighted by atomic mass is 10.0. The molecule has 5 rings (SSSR count).